The van der Waals surface area contributed by atoms with Crippen molar-refractivity contribution in [3.63, 3.8) is 0 Å². The number of fused-ring (bicyclic) bond motifs is 1. The Labute approximate surface area is 148 Å². The molecule has 2 N–H and O–H groups in total. The molecule has 5 nitrogen and oxygen atoms in total. The molecule has 0 aliphatic carbocycles. The topological polar surface area (TPSA) is 62.9 Å². The second-order valence-electron chi connectivity index (χ2n) is 5.90. The smallest absolute Gasteiger partial charge is 0.231 e. The molecule has 1 heterocycles. The lowest BCUT2D eigenvalue weighted by atomic mass is 9.91. The molecule has 1 unspecified atom stereocenters. The minimum absolute atomic E-state index is 0.196. The minimum atomic E-state index is 0.196. The Bertz CT molecular complexity index is 717. The maximum Gasteiger partial charge on any atom is 0.231 e. The van der Waals surface area contributed by atoms with Crippen molar-refractivity contribution in [2.24, 2.45) is 5.73 Å². The summed E-state index contributed by atoms with van der Waals surface area (Å²) in [6.07, 6.45) is 0.822. The van der Waals surface area contributed by atoms with E-state index in [4.69, 9.17) is 24.7 Å². The van der Waals surface area contributed by atoms with Crippen LogP contribution in [-0.2, 0) is 6.42 Å². The van der Waals surface area contributed by atoms with Gasteiger partial charge in [0.25, 0.3) is 0 Å². The van der Waals surface area contributed by atoms with Gasteiger partial charge < -0.3 is 24.7 Å². The first kappa shape index (κ1) is 17.4. The molecule has 3 rings (SSSR count). The molecular formula is C20H25NO4. The van der Waals surface area contributed by atoms with Crippen molar-refractivity contribution in [1.82, 2.24) is 0 Å². The number of rotatable bonds is 8. The van der Waals surface area contributed by atoms with Crippen molar-refractivity contribution >= 4 is 0 Å². The van der Waals surface area contributed by atoms with Crippen molar-refractivity contribution in [3.8, 4) is 23.0 Å². The van der Waals surface area contributed by atoms with Crippen molar-refractivity contribution in [1.29, 1.82) is 0 Å². The lowest BCUT2D eigenvalue weighted by Gasteiger charge is -2.18. The molecule has 5 heteroatoms. The van der Waals surface area contributed by atoms with E-state index in [0.29, 0.717) is 19.8 Å². The molecule has 0 spiro atoms. The maximum absolute atomic E-state index is 6.04. The average Bonchev–Trinajstić information content (AvgIpc) is 3.10. The van der Waals surface area contributed by atoms with Gasteiger partial charge in [-0.25, -0.2) is 0 Å². The molecular weight excluding hydrogens is 318 g/mol. The van der Waals surface area contributed by atoms with Crippen LogP contribution in [0.4, 0.5) is 0 Å². The standard InChI is InChI=1S/C20H25NO4/c1-3-22-17-7-5-14(10-19(17)23-4-2)9-16(12-21)15-6-8-18-20(11-15)25-13-24-18/h5-8,10-11,16H,3-4,9,12-13,21H2,1-2H3. The Morgan fingerprint density at radius 1 is 0.960 bits per heavy atom. The van der Waals surface area contributed by atoms with Crippen LogP contribution in [0.2, 0.25) is 0 Å². The fourth-order valence-electron chi connectivity index (χ4n) is 3.01. The van der Waals surface area contributed by atoms with Crippen LogP contribution in [0, 0.1) is 0 Å². The maximum atomic E-state index is 6.04. The van der Waals surface area contributed by atoms with Crippen molar-refractivity contribution in [3.05, 3.63) is 47.5 Å². The highest BCUT2D eigenvalue weighted by Gasteiger charge is 2.18. The highest BCUT2D eigenvalue weighted by molar-refractivity contribution is 5.47. The van der Waals surface area contributed by atoms with Gasteiger partial charge in [-0.15, -0.1) is 0 Å². The van der Waals surface area contributed by atoms with E-state index in [1.165, 1.54) is 5.56 Å². The summed E-state index contributed by atoms with van der Waals surface area (Å²) < 4.78 is 22.2. The Hall–Kier alpha value is -2.40. The summed E-state index contributed by atoms with van der Waals surface area (Å²) in [5, 5.41) is 0. The van der Waals surface area contributed by atoms with Gasteiger partial charge in [0.15, 0.2) is 23.0 Å². The molecule has 1 atom stereocenters. The molecule has 134 valence electrons. The summed E-state index contributed by atoms with van der Waals surface area (Å²) in [5.41, 5.74) is 8.36. The highest BCUT2D eigenvalue weighted by Crippen LogP contribution is 2.36. The monoisotopic (exact) mass is 343 g/mol. The van der Waals surface area contributed by atoms with Crippen LogP contribution >= 0.6 is 0 Å². The SMILES string of the molecule is CCOc1ccc(CC(CN)c2ccc3c(c2)OCO3)cc1OCC. The third-order valence-corrected chi connectivity index (χ3v) is 4.24. The van der Waals surface area contributed by atoms with Crippen LogP contribution < -0.4 is 24.7 Å². The Balaban J connectivity index is 1.80. The van der Waals surface area contributed by atoms with E-state index in [2.05, 4.69) is 12.1 Å². The number of nitrogens with two attached hydrogens (primary N) is 1. The van der Waals surface area contributed by atoms with Gasteiger partial charge in [0.05, 0.1) is 13.2 Å². The minimum Gasteiger partial charge on any atom is -0.490 e. The van der Waals surface area contributed by atoms with E-state index in [1.54, 1.807) is 0 Å². The van der Waals surface area contributed by atoms with Crippen LogP contribution in [-0.4, -0.2) is 26.6 Å². The van der Waals surface area contributed by atoms with E-state index in [9.17, 15) is 0 Å². The molecule has 0 aromatic heterocycles. The van der Waals surface area contributed by atoms with Gasteiger partial charge in [0.1, 0.15) is 0 Å². The van der Waals surface area contributed by atoms with E-state index in [-0.39, 0.29) is 12.7 Å². The predicted octanol–water partition coefficient (Wildman–Crippen LogP) is 3.50. The van der Waals surface area contributed by atoms with Gasteiger partial charge in [-0.05, 0) is 62.2 Å². The number of benzene rings is 2. The first-order chi connectivity index (χ1) is 12.2. The lowest BCUT2D eigenvalue weighted by Crippen LogP contribution is -2.15. The molecule has 1 aliphatic heterocycles. The summed E-state index contributed by atoms with van der Waals surface area (Å²) >= 11 is 0. The number of hydrogen-bond acceptors (Lipinski definition) is 5. The molecule has 0 saturated heterocycles. The zero-order valence-corrected chi connectivity index (χ0v) is 14.8. The lowest BCUT2D eigenvalue weighted by molar-refractivity contribution is 0.174. The summed E-state index contributed by atoms with van der Waals surface area (Å²) in [6, 6.07) is 12.1. The average molecular weight is 343 g/mol. The van der Waals surface area contributed by atoms with Crippen molar-refractivity contribution in [2.75, 3.05) is 26.6 Å². The summed E-state index contributed by atoms with van der Waals surface area (Å²) in [7, 11) is 0. The molecule has 0 amide bonds. The normalized spacial score (nSPS) is 13.6. The van der Waals surface area contributed by atoms with E-state index in [0.717, 1.165) is 35.0 Å². The van der Waals surface area contributed by atoms with Gasteiger partial charge in [-0.1, -0.05) is 12.1 Å². The van der Waals surface area contributed by atoms with E-state index in [1.807, 2.05) is 38.1 Å². The van der Waals surface area contributed by atoms with Crippen LogP contribution in [0.15, 0.2) is 36.4 Å². The molecule has 2 aromatic carbocycles. The molecule has 2 aromatic rings. The van der Waals surface area contributed by atoms with Crippen LogP contribution in [0.3, 0.4) is 0 Å². The van der Waals surface area contributed by atoms with Crippen LogP contribution in [0.25, 0.3) is 0 Å². The van der Waals surface area contributed by atoms with Gasteiger partial charge in [0.2, 0.25) is 6.79 Å². The summed E-state index contributed by atoms with van der Waals surface area (Å²) in [6.45, 7) is 5.99. The molecule has 1 aliphatic rings. The van der Waals surface area contributed by atoms with Gasteiger partial charge in [0, 0.05) is 5.92 Å². The quantitative estimate of drug-likeness (QED) is 0.795. The summed E-state index contributed by atoms with van der Waals surface area (Å²) in [4.78, 5) is 0. The van der Waals surface area contributed by atoms with Gasteiger partial charge >= 0.3 is 0 Å². The number of hydrogen-bond donors (Lipinski definition) is 1. The molecule has 0 fully saturated rings. The van der Waals surface area contributed by atoms with Crippen molar-refractivity contribution in [2.45, 2.75) is 26.2 Å². The van der Waals surface area contributed by atoms with E-state index < -0.39 is 0 Å². The van der Waals surface area contributed by atoms with Crippen LogP contribution in [0.5, 0.6) is 23.0 Å². The molecule has 0 radical (unpaired) electrons. The largest absolute Gasteiger partial charge is 0.490 e. The molecule has 0 bridgehead atoms. The van der Waals surface area contributed by atoms with Crippen molar-refractivity contribution < 1.29 is 18.9 Å². The van der Waals surface area contributed by atoms with Gasteiger partial charge in [-0.2, -0.15) is 0 Å². The fourth-order valence-corrected chi connectivity index (χ4v) is 3.01. The molecule has 25 heavy (non-hydrogen) atoms. The third kappa shape index (κ3) is 3.99. The zero-order valence-electron chi connectivity index (χ0n) is 14.8. The highest BCUT2D eigenvalue weighted by atomic mass is 16.7. The van der Waals surface area contributed by atoms with Gasteiger partial charge in [-0.3, -0.25) is 0 Å². The van der Waals surface area contributed by atoms with E-state index >= 15 is 0 Å². The Kier molecular flexibility index (Phi) is 5.66. The molecule has 0 saturated carbocycles. The second kappa shape index (κ2) is 8.12. The third-order valence-electron chi connectivity index (χ3n) is 4.24. The first-order valence-corrected chi connectivity index (χ1v) is 8.73. The van der Waals surface area contributed by atoms with Crippen LogP contribution in [0.1, 0.15) is 30.9 Å². The summed E-state index contributed by atoms with van der Waals surface area (Å²) in [5.74, 6) is 3.34. The zero-order chi connectivity index (χ0) is 17.6. The Morgan fingerprint density at radius 3 is 2.48 bits per heavy atom. The predicted molar refractivity (Wildman–Crippen MR) is 96.8 cm³/mol. The fraction of sp³-hybridized carbons (Fsp3) is 0.400. The number of ether oxygens (including phenoxy) is 4. The first-order valence-electron chi connectivity index (χ1n) is 8.73. The Morgan fingerprint density at radius 2 is 1.72 bits per heavy atom. The second-order valence-corrected chi connectivity index (χ2v) is 5.90.